The fourth-order valence-corrected chi connectivity index (χ4v) is 4.95. The van der Waals surface area contributed by atoms with Crippen LogP contribution in [0.1, 0.15) is 11.6 Å². The van der Waals surface area contributed by atoms with Crippen LogP contribution in [0, 0.1) is 0 Å². The molecule has 10 heteroatoms. The number of ether oxygens (including phenoxy) is 3. The number of benzene rings is 1. The molecule has 2 bridgehead atoms. The Bertz CT molecular complexity index is 769. The lowest BCUT2D eigenvalue weighted by Gasteiger charge is -2.47. The third kappa shape index (κ3) is 6.62. The number of nitrogens with one attached hydrogen (secondary N) is 2. The monoisotopic (exact) mass is 574 g/mol. The number of fused-ring (bicyclic) bond motifs is 3. The lowest BCUT2D eigenvalue weighted by atomic mass is 10.0. The molecule has 9 nitrogen and oxygen atoms in total. The molecule has 1 aromatic rings. The van der Waals surface area contributed by atoms with Gasteiger partial charge < -0.3 is 24.8 Å². The predicted molar refractivity (Wildman–Crippen MR) is 141 cm³/mol. The molecule has 186 valence electrons. The molecular formula is C23H39IN6O3. The molecule has 2 atom stereocenters. The number of rotatable bonds is 8. The fraction of sp³-hybridized carbons (Fsp3) is 0.696. The number of methoxy groups -OCH3 is 2. The lowest BCUT2D eigenvalue weighted by Crippen LogP contribution is -2.64. The molecule has 0 amide bonds. The minimum atomic E-state index is 0. The van der Waals surface area contributed by atoms with Gasteiger partial charge in [-0.1, -0.05) is 6.07 Å². The van der Waals surface area contributed by atoms with E-state index in [9.17, 15) is 0 Å². The number of piperazine rings is 3. The van der Waals surface area contributed by atoms with Gasteiger partial charge in [0.1, 0.15) is 0 Å². The van der Waals surface area contributed by atoms with E-state index in [4.69, 9.17) is 14.2 Å². The standard InChI is InChI=1S/C23H38N6O3.HI/c1-24-23(25-15-19-17-27-6-8-28(19)9-7-27)26-16-20(29-10-12-32-13-11-29)18-4-5-21(30-2)22(14-18)31-3;/h4-5,14,19-20H,6-13,15-17H2,1-3H3,(H2,24,25,26);1H. The highest BCUT2D eigenvalue weighted by atomic mass is 127. The zero-order valence-electron chi connectivity index (χ0n) is 20.1. The molecule has 33 heavy (non-hydrogen) atoms. The molecule has 2 N–H and O–H groups in total. The topological polar surface area (TPSA) is 73.8 Å². The maximum atomic E-state index is 5.59. The predicted octanol–water partition coefficient (Wildman–Crippen LogP) is 0.860. The van der Waals surface area contributed by atoms with Gasteiger partial charge in [0.05, 0.1) is 33.5 Å². The van der Waals surface area contributed by atoms with Gasteiger partial charge in [-0.2, -0.15) is 0 Å². The minimum absolute atomic E-state index is 0. The van der Waals surface area contributed by atoms with E-state index in [0.717, 1.165) is 63.4 Å². The summed E-state index contributed by atoms with van der Waals surface area (Å²) < 4.78 is 16.6. The van der Waals surface area contributed by atoms with Crippen LogP contribution < -0.4 is 20.1 Å². The highest BCUT2D eigenvalue weighted by molar-refractivity contribution is 14.0. The van der Waals surface area contributed by atoms with Crippen molar-refractivity contribution in [1.82, 2.24) is 25.3 Å². The number of hydrogen-bond acceptors (Lipinski definition) is 7. The van der Waals surface area contributed by atoms with Crippen LogP contribution in [0.4, 0.5) is 0 Å². The van der Waals surface area contributed by atoms with E-state index >= 15 is 0 Å². The van der Waals surface area contributed by atoms with Gasteiger partial charge in [0.15, 0.2) is 17.5 Å². The van der Waals surface area contributed by atoms with Crippen LogP contribution in [0.5, 0.6) is 11.5 Å². The van der Waals surface area contributed by atoms with Crippen molar-refractivity contribution in [1.29, 1.82) is 0 Å². The fourth-order valence-electron chi connectivity index (χ4n) is 4.95. The van der Waals surface area contributed by atoms with Crippen molar-refractivity contribution in [2.24, 2.45) is 4.99 Å². The van der Waals surface area contributed by atoms with Crippen molar-refractivity contribution in [3.05, 3.63) is 23.8 Å². The Hall–Kier alpha value is -1.34. The third-order valence-corrected chi connectivity index (χ3v) is 6.86. The highest BCUT2D eigenvalue weighted by Gasteiger charge is 2.31. The summed E-state index contributed by atoms with van der Waals surface area (Å²) in [4.78, 5) is 12.1. The Balaban J connectivity index is 0.00000306. The molecule has 0 aromatic heterocycles. The van der Waals surface area contributed by atoms with Gasteiger partial charge in [0, 0.05) is 72.0 Å². The van der Waals surface area contributed by atoms with Gasteiger partial charge in [-0.25, -0.2) is 0 Å². The molecule has 0 spiro atoms. The normalized spacial score (nSPS) is 26.3. The van der Waals surface area contributed by atoms with E-state index in [2.05, 4.69) is 42.5 Å². The van der Waals surface area contributed by atoms with Crippen LogP contribution in [0.2, 0.25) is 0 Å². The van der Waals surface area contributed by atoms with E-state index < -0.39 is 0 Å². The first kappa shape index (κ1) is 26.3. The number of nitrogens with zero attached hydrogens (tertiary/aromatic N) is 4. The third-order valence-electron chi connectivity index (χ3n) is 6.86. The van der Waals surface area contributed by atoms with Gasteiger partial charge in [-0.05, 0) is 17.7 Å². The quantitative estimate of drug-likeness (QED) is 0.269. The lowest BCUT2D eigenvalue weighted by molar-refractivity contribution is 0.0149. The molecule has 4 saturated heterocycles. The van der Waals surface area contributed by atoms with Crippen LogP contribution in [-0.2, 0) is 4.74 Å². The smallest absolute Gasteiger partial charge is 0.191 e. The van der Waals surface area contributed by atoms with Crippen LogP contribution >= 0.6 is 24.0 Å². The van der Waals surface area contributed by atoms with Crippen molar-refractivity contribution >= 4 is 29.9 Å². The first-order chi connectivity index (χ1) is 15.7. The van der Waals surface area contributed by atoms with Crippen molar-refractivity contribution in [2.45, 2.75) is 12.1 Å². The molecule has 4 fully saturated rings. The van der Waals surface area contributed by atoms with Crippen molar-refractivity contribution in [2.75, 3.05) is 93.4 Å². The van der Waals surface area contributed by atoms with Crippen molar-refractivity contribution in [3.8, 4) is 11.5 Å². The van der Waals surface area contributed by atoms with E-state index in [-0.39, 0.29) is 30.0 Å². The second-order valence-electron chi connectivity index (χ2n) is 8.60. The van der Waals surface area contributed by atoms with Gasteiger partial charge in [0.2, 0.25) is 0 Å². The van der Waals surface area contributed by atoms with Crippen LogP contribution in [-0.4, -0.2) is 120 Å². The molecular weight excluding hydrogens is 535 g/mol. The number of guanidine groups is 1. The van der Waals surface area contributed by atoms with Crippen LogP contribution in [0.25, 0.3) is 0 Å². The average molecular weight is 575 g/mol. The van der Waals surface area contributed by atoms with Gasteiger partial charge in [0.25, 0.3) is 0 Å². The summed E-state index contributed by atoms with van der Waals surface area (Å²) in [5.74, 6) is 2.35. The average Bonchev–Trinajstić information content (AvgIpc) is 2.87. The molecule has 1 aromatic carbocycles. The Morgan fingerprint density at radius 3 is 2.39 bits per heavy atom. The van der Waals surface area contributed by atoms with Crippen LogP contribution in [0.15, 0.2) is 23.2 Å². The summed E-state index contributed by atoms with van der Waals surface area (Å²) in [6.45, 7) is 10.9. The van der Waals surface area contributed by atoms with Crippen molar-refractivity contribution < 1.29 is 14.2 Å². The molecule has 5 rings (SSSR count). The van der Waals surface area contributed by atoms with Crippen LogP contribution in [0.3, 0.4) is 0 Å². The number of hydrogen-bond donors (Lipinski definition) is 2. The van der Waals surface area contributed by atoms with Gasteiger partial charge >= 0.3 is 0 Å². The van der Waals surface area contributed by atoms with Gasteiger partial charge in [-0.15, -0.1) is 24.0 Å². The SMILES string of the molecule is CN=C(NCC1CN2CCN1CC2)NCC(c1ccc(OC)c(OC)c1)N1CCOCC1.I. The van der Waals surface area contributed by atoms with Gasteiger partial charge in [-0.3, -0.25) is 19.7 Å². The number of aliphatic imine (C=N–C) groups is 1. The minimum Gasteiger partial charge on any atom is -0.493 e. The first-order valence-corrected chi connectivity index (χ1v) is 11.7. The number of morpholine rings is 1. The summed E-state index contributed by atoms with van der Waals surface area (Å²) in [6, 6.07) is 6.92. The maximum absolute atomic E-state index is 5.59. The van der Waals surface area contributed by atoms with E-state index in [1.807, 2.05) is 13.1 Å². The maximum Gasteiger partial charge on any atom is 0.191 e. The summed E-state index contributed by atoms with van der Waals surface area (Å²) in [5, 5.41) is 7.12. The Morgan fingerprint density at radius 1 is 1.06 bits per heavy atom. The molecule has 2 unspecified atom stereocenters. The first-order valence-electron chi connectivity index (χ1n) is 11.7. The summed E-state index contributed by atoms with van der Waals surface area (Å²) in [6.07, 6.45) is 0. The molecule has 0 radical (unpaired) electrons. The van der Waals surface area contributed by atoms with E-state index in [1.54, 1.807) is 14.2 Å². The second kappa shape index (κ2) is 12.9. The second-order valence-corrected chi connectivity index (χ2v) is 8.60. The van der Waals surface area contributed by atoms with E-state index in [1.165, 1.54) is 31.7 Å². The molecule has 4 heterocycles. The Morgan fingerprint density at radius 2 is 1.79 bits per heavy atom. The molecule has 4 aliphatic heterocycles. The highest BCUT2D eigenvalue weighted by Crippen LogP contribution is 2.32. The van der Waals surface area contributed by atoms with Crippen molar-refractivity contribution in [3.63, 3.8) is 0 Å². The summed E-state index contributed by atoms with van der Waals surface area (Å²) in [7, 11) is 5.19. The largest absolute Gasteiger partial charge is 0.493 e. The molecule has 4 aliphatic rings. The number of halogens is 1. The molecule has 0 aliphatic carbocycles. The van der Waals surface area contributed by atoms with E-state index in [0.29, 0.717) is 6.04 Å². The zero-order chi connectivity index (χ0) is 22.3. The molecule has 0 saturated carbocycles. The summed E-state index contributed by atoms with van der Waals surface area (Å²) >= 11 is 0. The Kier molecular flexibility index (Phi) is 10.3. The zero-order valence-corrected chi connectivity index (χ0v) is 22.4. The Labute approximate surface area is 214 Å². The summed E-state index contributed by atoms with van der Waals surface area (Å²) in [5.41, 5.74) is 1.19.